The number of nitrogens with zero attached hydrogens (tertiary/aromatic N) is 3. The van der Waals surface area contributed by atoms with Crippen molar-refractivity contribution in [3.8, 4) is 0 Å². The highest BCUT2D eigenvalue weighted by Crippen LogP contribution is 2.31. The van der Waals surface area contributed by atoms with Gasteiger partial charge in [0.2, 0.25) is 5.91 Å². The molecule has 1 aliphatic carbocycles. The molecule has 2 heterocycles. The molecular weight excluding hydrogens is 330 g/mol. The first-order chi connectivity index (χ1) is 10.1. The average molecular weight is 352 g/mol. The van der Waals surface area contributed by atoms with Crippen LogP contribution in [0.2, 0.25) is 0 Å². The highest BCUT2D eigenvalue weighted by Gasteiger charge is 2.33. The Morgan fingerprint density at radius 1 is 1.33 bits per heavy atom. The van der Waals surface area contributed by atoms with Gasteiger partial charge >= 0.3 is 0 Å². The lowest BCUT2D eigenvalue weighted by atomic mass is 9.96. The predicted octanol–water partition coefficient (Wildman–Crippen LogP) is 2.93. The van der Waals surface area contributed by atoms with E-state index in [9.17, 15) is 4.79 Å². The van der Waals surface area contributed by atoms with Crippen LogP contribution in [-0.4, -0.2) is 42.5 Å². The maximum Gasteiger partial charge on any atom is 0.225 e. The number of rotatable bonds is 4. The van der Waals surface area contributed by atoms with Crippen molar-refractivity contribution >= 4 is 27.7 Å². The minimum absolute atomic E-state index is 0.335. The van der Waals surface area contributed by atoms with Crippen molar-refractivity contribution in [1.82, 2.24) is 9.88 Å². The van der Waals surface area contributed by atoms with Crippen LogP contribution in [0.15, 0.2) is 22.8 Å². The van der Waals surface area contributed by atoms with Crippen molar-refractivity contribution in [3.05, 3.63) is 22.8 Å². The lowest BCUT2D eigenvalue weighted by Gasteiger charge is -2.34. The molecule has 0 bridgehead atoms. The van der Waals surface area contributed by atoms with E-state index in [2.05, 4.69) is 31.9 Å². The van der Waals surface area contributed by atoms with E-state index in [1.165, 1.54) is 0 Å². The van der Waals surface area contributed by atoms with Crippen LogP contribution in [0.4, 0.5) is 5.82 Å². The highest BCUT2D eigenvalue weighted by molar-refractivity contribution is 9.10. The Hall–Kier alpha value is -1.10. The summed E-state index contributed by atoms with van der Waals surface area (Å²) >= 11 is 3.42. The zero-order valence-electron chi connectivity index (χ0n) is 12.5. The van der Waals surface area contributed by atoms with Crippen LogP contribution >= 0.6 is 15.9 Å². The fourth-order valence-corrected chi connectivity index (χ4v) is 3.25. The first-order valence-corrected chi connectivity index (χ1v) is 8.54. The van der Waals surface area contributed by atoms with Crippen LogP contribution in [-0.2, 0) is 4.79 Å². The van der Waals surface area contributed by atoms with Crippen LogP contribution in [0.25, 0.3) is 0 Å². The normalized spacial score (nSPS) is 19.6. The molecule has 1 aromatic heterocycles. The van der Waals surface area contributed by atoms with Crippen molar-refractivity contribution in [3.63, 3.8) is 0 Å². The molecule has 0 aromatic carbocycles. The summed E-state index contributed by atoms with van der Waals surface area (Å²) in [5, 5.41) is 0. The van der Waals surface area contributed by atoms with Gasteiger partial charge in [-0.1, -0.05) is 0 Å². The van der Waals surface area contributed by atoms with Crippen molar-refractivity contribution in [2.45, 2.75) is 25.7 Å². The Kier molecular flexibility index (Phi) is 4.48. The van der Waals surface area contributed by atoms with Gasteiger partial charge in [0.15, 0.2) is 0 Å². The van der Waals surface area contributed by atoms with Gasteiger partial charge in [-0.3, -0.25) is 4.79 Å². The molecule has 1 aromatic rings. The van der Waals surface area contributed by atoms with E-state index in [1.807, 2.05) is 24.2 Å². The lowest BCUT2D eigenvalue weighted by Crippen LogP contribution is -2.40. The Labute approximate surface area is 134 Å². The fraction of sp³-hybridized carbons (Fsp3) is 0.625. The van der Waals surface area contributed by atoms with E-state index >= 15 is 0 Å². The average Bonchev–Trinajstić information content (AvgIpc) is 3.33. The van der Waals surface area contributed by atoms with Gasteiger partial charge in [0.25, 0.3) is 0 Å². The van der Waals surface area contributed by atoms with Gasteiger partial charge in [-0.25, -0.2) is 4.98 Å². The van der Waals surface area contributed by atoms with Gasteiger partial charge in [0, 0.05) is 43.3 Å². The second-order valence-electron chi connectivity index (χ2n) is 6.26. The van der Waals surface area contributed by atoms with E-state index in [4.69, 9.17) is 0 Å². The van der Waals surface area contributed by atoms with Crippen molar-refractivity contribution in [1.29, 1.82) is 0 Å². The lowest BCUT2D eigenvalue weighted by molar-refractivity contribution is -0.131. The van der Waals surface area contributed by atoms with E-state index in [-0.39, 0.29) is 0 Å². The maximum atomic E-state index is 12.0. The number of halogens is 1. The Bertz CT molecular complexity index is 493. The summed E-state index contributed by atoms with van der Waals surface area (Å²) in [4.78, 5) is 20.8. The van der Waals surface area contributed by atoms with Gasteiger partial charge in [0.1, 0.15) is 5.82 Å². The zero-order chi connectivity index (χ0) is 14.8. The van der Waals surface area contributed by atoms with Gasteiger partial charge in [-0.2, -0.15) is 0 Å². The molecule has 0 spiro atoms. The van der Waals surface area contributed by atoms with Crippen LogP contribution in [0.3, 0.4) is 0 Å². The van der Waals surface area contributed by atoms with E-state index in [1.54, 1.807) is 0 Å². The minimum atomic E-state index is 0.335. The molecule has 1 amide bonds. The van der Waals surface area contributed by atoms with E-state index in [0.717, 1.165) is 55.6 Å². The summed E-state index contributed by atoms with van der Waals surface area (Å²) in [6.45, 7) is 2.98. The van der Waals surface area contributed by atoms with Gasteiger partial charge in [-0.05, 0) is 59.7 Å². The number of carbonyl (C=O) groups is 1. The second kappa shape index (κ2) is 6.34. The number of amides is 1. The van der Waals surface area contributed by atoms with Crippen molar-refractivity contribution in [2.75, 3.05) is 31.6 Å². The Morgan fingerprint density at radius 2 is 2.05 bits per heavy atom. The number of carbonyl (C=O) groups excluding carboxylic acids is 1. The fourth-order valence-electron chi connectivity index (χ4n) is 3.02. The van der Waals surface area contributed by atoms with Crippen molar-refractivity contribution < 1.29 is 4.79 Å². The molecule has 1 saturated carbocycles. The molecule has 2 aliphatic rings. The third-order valence-electron chi connectivity index (χ3n) is 4.49. The highest BCUT2D eigenvalue weighted by atomic mass is 79.9. The standard InChI is InChI=1S/C16H22BrN3O/c1-19(16(21)13-2-3-13)11-12-6-8-20(9-7-12)15-5-4-14(17)10-18-15/h4-5,10,12-13H,2-3,6-9,11H2,1H3. The summed E-state index contributed by atoms with van der Waals surface area (Å²) < 4.78 is 1.02. The number of anilines is 1. The molecule has 21 heavy (non-hydrogen) atoms. The Morgan fingerprint density at radius 3 is 2.62 bits per heavy atom. The van der Waals surface area contributed by atoms with Gasteiger partial charge in [0.05, 0.1) is 0 Å². The molecule has 0 N–H and O–H groups in total. The summed E-state index contributed by atoms with van der Waals surface area (Å²) in [6, 6.07) is 4.10. The molecule has 114 valence electrons. The summed E-state index contributed by atoms with van der Waals surface area (Å²) in [6.07, 6.45) is 6.32. The Balaban J connectivity index is 1.48. The quantitative estimate of drug-likeness (QED) is 0.836. The first-order valence-electron chi connectivity index (χ1n) is 7.75. The van der Waals surface area contributed by atoms with Crippen LogP contribution in [0, 0.1) is 11.8 Å². The van der Waals surface area contributed by atoms with Gasteiger partial charge in [-0.15, -0.1) is 0 Å². The number of aromatic nitrogens is 1. The van der Waals surface area contributed by atoms with E-state index in [0.29, 0.717) is 17.7 Å². The zero-order valence-corrected chi connectivity index (χ0v) is 14.1. The predicted molar refractivity (Wildman–Crippen MR) is 87.2 cm³/mol. The number of piperidine rings is 1. The molecule has 2 fully saturated rings. The third-order valence-corrected chi connectivity index (χ3v) is 4.95. The van der Waals surface area contributed by atoms with Gasteiger partial charge < -0.3 is 9.80 Å². The topological polar surface area (TPSA) is 36.4 Å². The molecule has 4 nitrogen and oxygen atoms in total. The largest absolute Gasteiger partial charge is 0.357 e. The van der Waals surface area contributed by atoms with E-state index < -0.39 is 0 Å². The minimum Gasteiger partial charge on any atom is -0.357 e. The monoisotopic (exact) mass is 351 g/mol. The summed E-state index contributed by atoms with van der Waals surface area (Å²) in [5.74, 6) is 2.37. The second-order valence-corrected chi connectivity index (χ2v) is 7.17. The molecule has 5 heteroatoms. The maximum absolute atomic E-state index is 12.0. The molecule has 3 rings (SSSR count). The molecule has 0 unspecified atom stereocenters. The molecule has 0 radical (unpaired) electrons. The molecular formula is C16H22BrN3O. The smallest absolute Gasteiger partial charge is 0.225 e. The molecule has 0 atom stereocenters. The first kappa shape index (κ1) is 14.8. The van der Waals surface area contributed by atoms with Crippen LogP contribution in [0.1, 0.15) is 25.7 Å². The third kappa shape index (κ3) is 3.76. The summed E-state index contributed by atoms with van der Waals surface area (Å²) in [7, 11) is 1.96. The molecule has 1 aliphatic heterocycles. The van der Waals surface area contributed by atoms with Crippen LogP contribution < -0.4 is 4.90 Å². The number of hydrogen-bond acceptors (Lipinski definition) is 3. The summed E-state index contributed by atoms with van der Waals surface area (Å²) in [5.41, 5.74) is 0. The molecule has 1 saturated heterocycles. The number of pyridine rings is 1. The number of hydrogen-bond donors (Lipinski definition) is 0. The SMILES string of the molecule is CN(CC1CCN(c2ccc(Br)cn2)CC1)C(=O)C1CC1. The van der Waals surface area contributed by atoms with Crippen molar-refractivity contribution in [2.24, 2.45) is 11.8 Å². The van der Waals surface area contributed by atoms with Crippen LogP contribution in [0.5, 0.6) is 0 Å².